The van der Waals surface area contributed by atoms with Crippen molar-refractivity contribution in [2.75, 3.05) is 5.32 Å². The summed E-state index contributed by atoms with van der Waals surface area (Å²) in [6.45, 7) is 5.77. The van der Waals surface area contributed by atoms with Crippen LogP contribution in [-0.2, 0) is 4.79 Å². The minimum atomic E-state index is -0.801. The van der Waals surface area contributed by atoms with Crippen molar-refractivity contribution in [3.05, 3.63) is 27.3 Å². The molecule has 0 bridgehead atoms. The Labute approximate surface area is 128 Å². The SMILES string of the molecule is CCCC(C)(N)C(=O)Nc1ccc(I)cc1C.Cl. The average Bonchev–Trinajstić information content (AvgIpc) is 2.22. The predicted octanol–water partition coefficient (Wildman–Crippen LogP) is 3.48. The van der Waals surface area contributed by atoms with Crippen LogP contribution in [0.1, 0.15) is 32.3 Å². The van der Waals surface area contributed by atoms with Crippen molar-refractivity contribution in [2.45, 2.75) is 39.2 Å². The maximum Gasteiger partial charge on any atom is 0.244 e. The maximum atomic E-state index is 12.0. The monoisotopic (exact) mass is 382 g/mol. The zero-order valence-electron chi connectivity index (χ0n) is 10.9. The van der Waals surface area contributed by atoms with Gasteiger partial charge in [-0.1, -0.05) is 13.3 Å². The second-order valence-electron chi connectivity index (χ2n) is 4.58. The highest BCUT2D eigenvalue weighted by atomic mass is 127. The third-order valence-corrected chi connectivity index (χ3v) is 3.40. The van der Waals surface area contributed by atoms with Gasteiger partial charge >= 0.3 is 0 Å². The van der Waals surface area contributed by atoms with Crippen LogP contribution in [0.4, 0.5) is 5.69 Å². The van der Waals surface area contributed by atoms with Crippen molar-refractivity contribution >= 4 is 46.6 Å². The van der Waals surface area contributed by atoms with Crippen LogP contribution in [0.5, 0.6) is 0 Å². The summed E-state index contributed by atoms with van der Waals surface area (Å²) in [6, 6.07) is 5.91. The molecule has 1 aromatic carbocycles. The summed E-state index contributed by atoms with van der Waals surface area (Å²) in [4.78, 5) is 12.0. The van der Waals surface area contributed by atoms with Crippen LogP contribution in [-0.4, -0.2) is 11.4 Å². The third kappa shape index (κ3) is 4.74. The molecule has 0 heterocycles. The van der Waals surface area contributed by atoms with Gasteiger partial charge in [-0.05, 0) is 66.6 Å². The Kier molecular flexibility index (Phi) is 7.17. The first-order valence-corrected chi connectivity index (χ1v) is 6.81. The molecule has 1 amide bonds. The molecule has 1 unspecified atom stereocenters. The van der Waals surface area contributed by atoms with Gasteiger partial charge < -0.3 is 11.1 Å². The number of nitrogens with two attached hydrogens (primary N) is 1. The van der Waals surface area contributed by atoms with Crippen LogP contribution in [0, 0.1) is 10.5 Å². The van der Waals surface area contributed by atoms with E-state index >= 15 is 0 Å². The van der Waals surface area contributed by atoms with Crippen molar-refractivity contribution in [2.24, 2.45) is 5.73 Å². The van der Waals surface area contributed by atoms with E-state index in [9.17, 15) is 4.79 Å². The maximum absolute atomic E-state index is 12.0. The molecule has 5 heteroatoms. The van der Waals surface area contributed by atoms with Crippen LogP contribution >= 0.6 is 35.0 Å². The van der Waals surface area contributed by atoms with Crippen molar-refractivity contribution in [3.63, 3.8) is 0 Å². The van der Waals surface area contributed by atoms with Gasteiger partial charge in [0.1, 0.15) is 0 Å². The van der Waals surface area contributed by atoms with Gasteiger partial charge in [-0.3, -0.25) is 4.79 Å². The van der Waals surface area contributed by atoms with Crippen molar-refractivity contribution in [3.8, 4) is 0 Å². The highest BCUT2D eigenvalue weighted by Gasteiger charge is 2.27. The van der Waals surface area contributed by atoms with Gasteiger partial charge in [0, 0.05) is 9.26 Å². The van der Waals surface area contributed by atoms with Crippen molar-refractivity contribution in [1.29, 1.82) is 0 Å². The molecule has 0 aliphatic rings. The van der Waals surface area contributed by atoms with Gasteiger partial charge in [0.05, 0.1) is 5.54 Å². The lowest BCUT2D eigenvalue weighted by molar-refractivity contribution is -0.120. The zero-order valence-corrected chi connectivity index (χ0v) is 13.9. The lowest BCUT2D eigenvalue weighted by Gasteiger charge is -2.23. The number of aryl methyl sites for hydroxylation is 1. The number of benzene rings is 1. The molecule has 1 aromatic rings. The van der Waals surface area contributed by atoms with Crippen LogP contribution < -0.4 is 11.1 Å². The first-order chi connectivity index (χ1) is 7.86. The van der Waals surface area contributed by atoms with E-state index in [1.807, 2.05) is 32.0 Å². The lowest BCUT2D eigenvalue weighted by atomic mass is 9.96. The molecule has 0 saturated carbocycles. The molecule has 18 heavy (non-hydrogen) atoms. The van der Waals surface area contributed by atoms with Crippen molar-refractivity contribution in [1.82, 2.24) is 0 Å². The summed E-state index contributed by atoms with van der Waals surface area (Å²) < 4.78 is 1.15. The molecule has 1 rings (SSSR count). The summed E-state index contributed by atoms with van der Waals surface area (Å²) in [7, 11) is 0. The number of hydrogen-bond acceptors (Lipinski definition) is 2. The summed E-state index contributed by atoms with van der Waals surface area (Å²) in [5.74, 6) is -0.122. The molecular weight excluding hydrogens is 363 g/mol. The lowest BCUT2D eigenvalue weighted by Crippen LogP contribution is -2.48. The number of nitrogens with one attached hydrogen (secondary N) is 1. The Balaban J connectivity index is 0.00000289. The van der Waals surface area contributed by atoms with Crippen LogP contribution in [0.15, 0.2) is 18.2 Å². The first kappa shape index (κ1) is 17.7. The van der Waals surface area contributed by atoms with E-state index in [4.69, 9.17) is 5.73 Å². The van der Waals surface area contributed by atoms with E-state index in [2.05, 4.69) is 27.9 Å². The molecular formula is C13H20ClIN2O. The highest BCUT2D eigenvalue weighted by molar-refractivity contribution is 14.1. The van der Waals surface area contributed by atoms with Gasteiger partial charge in [0.2, 0.25) is 5.91 Å². The molecule has 0 aromatic heterocycles. The Bertz CT molecular complexity index is 421. The van der Waals surface area contributed by atoms with E-state index in [0.29, 0.717) is 6.42 Å². The van der Waals surface area contributed by atoms with Gasteiger partial charge in [-0.2, -0.15) is 0 Å². The van der Waals surface area contributed by atoms with Crippen LogP contribution in [0.3, 0.4) is 0 Å². The normalized spacial score (nSPS) is 13.4. The fraction of sp³-hybridized carbons (Fsp3) is 0.462. The molecule has 0 fully saturated rings. The quantitative estimate of drug-likeness (QED) is 0.783. The fourth-order valence-electron chi connectivity index (χ4n) is 1.67. The van der Waals surface area contributed by atoms with E-state index in [1.54, 1.807) is 6.92 Å². The predicted molar refractivity (Wildman–Crippen MR) is 87.3 cm³/mol. The topological polar surface area (TPSA) is 55.1 Å². The number of anilines is 1. The van der Waals surface area contributed by atoms with Gasteiger partial charge in [-0.25, -0.2) is 0 Å². The molecule has 0 aliphatic heterocycles. The molecule has 0 saturated heterocycles. The summed E-state index contributed by atoms with van der Waals surface area (Å²) in [5.41, 5.74) is 7.07. The molecule has 0 aliphatic carbocycles. The number of halogens is 2. The molecule has 0 spiro atoms. The van der Waals surface area contributed by atoms with Gasteiger partial charge in [0.25, 0.3) is 0 Å². The van der Waals surface area contributed by atoms with Crippen LogP contribution in [0.2, 0.25) is 0 Å². The number of rotatable bonds is 4. The molecule has 102 valence electrons. The Morgan fingerprint density at radius 1 is 1.50 bits per heavy atom. The fourth-order valence-corrected chi connectivity index (χ4v) is 2.31. The van der Waals surface area contributed by atoms with Gasteiger partial charge in [-0.15, -0.1) is 12.4 Å². The summed E-state index contributed by atoms with van der Waals surface area (Å²) in [5, 5.41) is 2.90. The van der Waals surface area contributed by atoms with Crippen molar-refractivity contribution < 1.29 is 4.79 Å². The number of amides is 1. The Hall–Kier alpha value is -0.330. The first-order valence-electron chi connectivity index (χ1n) is 5.73. The summed E-state index contributed by atoms with van der Waals surface area (Å²) in [6.07, 6.45) is 1.58. The number of carbonyl (C=O) groups excluding carboxylic acids is 1. The minimum Gasteiger partial charge on any atom is -0.324 e. The molecule has 0 radical (unpaired) electrons. The zero-order chi connectivity index (χ0) is 13.1. The molecule has 3 N–H and O–H groups in total. The second kappa shape index (κ2) is 7.31. The van der Waals surface area contributed by atoms with Crippen LogP contribution in [0.25, 0.3) is 0 Å². The minimum absolute atomic E-state index is 0. The van der Waals surface area contributed by atoms with E-state index in [-0.39, 0.29) is 18.3 Å². The Morgan fingerprint density at radius 2 is 2.11 bits per heavy atom. The Morgan fingerprint density at radius 3 is 2.61 bits per heavy atom. The smallest absolute Gasteiger partial charge is 0.244 e. The summed E-state index contributed by atoms with van der Waals surface area (Å²) >= 11 is 2.25. The third-order valence-electron chi connectivity index (χ3n) is 2.72. The molecule has 1 atom stereocenters. The number of carbonyl (C=O) groups is 1. The largest absolute Gasteiger partial charge is 0.324 e. The molecule has 3 nitrogen and oxygen atoms in total. The highest BCUT2D eigenvalue weighted by Crippen LogP contribution is 2.19. The van der Waals surface area contributed by atoms with E-state index < -0.39 is 5.54 Å². The van der Waals surface area contributed by atoms with E-state index in [0.717, 1.165) is 21.2 Å². The van der Waals surface area contributed by atoms with Gasteiger partial charge in [0.15, 0.2) is 0 Å². The standard InChI is InChI=1S/C13H19IN2O.ClH/c1-4-7-13(3,15)12(17)16-11-6-5-10(14)8-9(11)2;/h5-6,8H,4,7,15H2,1-3H3,(H,16,17);1H. The second-order valence-corrected chi connectivity index (χ2v) is 5.83. The van der Waals surface area contributed by atoms with E-state index in [1.165, 1.54) is 0 Å². The average molecular weight is 383 g/mol. The number of hydrogen-bond donors (Lipinski definition) is 2.